The van der Waals surface area contributed by atoms with Gasteiger partial charge in [-0.3, -0.25) is 0 Å². The Kier molecular flexibility index (Phi) is 15.5. The molecule has 0 aromatic heterocycles. The molecule has 1 N–H and O–H groups in total. The quantitative estimate of drug-likeness (QED) is 0.488. The molecule has 1 heterocycles. The number of nitrogens with zero attached hydrogens (tertiary/aromatic N) is 1. The number of nitrogens with one attached hydrogen (secondary N) is 1. The summed E-state index contributed by atoms with van der Waals surface area (Å²) < 4.78 is 0. The summed E-state index contributed by atoms with van der Waals surface area (Å²) in [5, 5.41) is 3.47. The molecule has 0 amide bonds. The number of unbranched alkanes of at least 4 members (excludes halogenated alkanes) is 1. The first-order valence-corrected chi connectivity index (χ1v) is 11.9. The van der Waals surface area contributed by atoms with Gasteiger partial charge in [0.05, 0.1) is 5.49 Å². The highest BCUT2D eigenvalue weighted by molar-refractivity contribution is 7.78. The average molecular weight is 449 g/mol. The van der Waals surface area contributed by atoms with Crippen LogP contribution in [0.5, 0.6) is 0 Å². The van der Waals surface area contributed by atoms with Gasteiger partial charge in [0.15, 0.2) is 0 Å². The first-order valence-electron chi connectivity index (χ1n) is 11.0. The van der Waals surface area contributed by atoms with Crippen molar-refractivity contribution in [2.45, 2.75) is 66.8 Å². The Morgan fingerprint density at radius 2 is 1.63 bits per heavy atom. The third-order valence-electron chi connectivity index (χ3n) is 4.95. The lowest BCUT2D eigenvalue weighted by Crippen LogP contribution is -2.31. The standard InChI is InChI=1S/C18H20ClN.C4H10.C2H5NS.C2H6/c1-12-6-4-5-7-15(12)18-11-20(3)10-17-13(2)8-14(19)9-16(17)18;1-3-4-2;1-3-2-4;1-2/h4-9,18H,10-11H2,1-3H3;3-4H2,1-2H3;2H,1H3,(H,3,4);1-2H3. The Balaban J connectivity index is 0.000000715. The van der Waals surface area contributed by atoms with E-state index in [2.05, 4.69) is 93.6 Å². The van der Waals surface area contributed by atoms with Gasteiger partial charge in [0, 0.05) is 31.1 Å². The summed E-state index contributed by atoms with van der Waals surface area (Å²) >= 11 is 10.6. The molecule has 0 saturated carbocycles. The zero-order chi connectivity index (χ0) is 23.1. The highest BCUT2D eigenvalue weighted by atomic mass is 35.5. The highest BCUT2D eigenvalue weighted by Crippen LogP contribution is 2.37. The minimum atomic E-state index is 0.419. The van der Waals surface area contributed by atoms with Gasteiger partial charge in [-0.25, -0.2) is 0 Å². The molecule has 1 unspecified atom stereocenters. The van der Waals surface area contributed by atoms with E-state index in [0.717, 1.165) is 18.1 Å². The van der Waals surface area contributed by atoms with E-state index in [-0.39, 0.29) is 0 Å². The zero-order valence-corrected chi connectivity index (χ0v) is 21.8. The van der Waals surface area contributed by atoms with Crippen LogP contribution in [0.3, 0.4) is 0 Å². The Hall–Kier alpha value is -1.42. The molecule has 2 aromatic carbocycles. The molecule has 30 heavy (non-hydrogen) atoms. The summed E-state index contributed by atoms with van der Waals surface area (Å²) in [5.74, 6) is 0.419. The molecule has 2 nitrogen and oxygen atoms in total. The van der Waals surface area contributed by atoms with Crippen LogP contribution in [0.4, 0.5) is 0 Å². The predicted molar refractivity (Wildman–Crippen MR) is 140 cm³/mol. The molecule has 0 bridgehead atoms. The first-order chi connectivity index (χ1) is 14.4. The normalized spacial score (nSPS) is 14.5. The fraction of sp³-hybridized carbons (Fsp3) is 0.500. The van der Waals surface area contributed by atoms with Crippen molar-refractivity contribution < 1.29 is 0 Å². The van der Waals surface area contributed by atoms with Gasteiger partial charge in [0.2, 0.25) is 0 Å². The van der Waals surface area contributed by atoms with E-state index in [1.807, 2.05) is 13.8 Å². The lowest BCUT2D eigenvalue weighted by Gasteiger charge is -2.34. The maximum atomic E-state index is 6.30. The van der Waals surface area contributed by atoms with Crippen LogP contribution in [0, 0.1) is 13.8 Å². The largest absolute Gasteiger partial charge is 0.385 e. The van der Waals surface area contributed by atoms with Crippen LogP contribution in [0.15, 0.2) is 36.4 Å². The average Bonchev–Trinajstić information content (AvgIpc) is 2.76. The number of halogens is 1. The van der Waals surface area contributed by atoms with E-state index in [1.54, 1.807) is 7.05 Å². The second kappa shape index (κ2) is 16.3. The monoisotopic (exact) mass is 448 g/mol. The Morgan fingerprint density at radius 1 is 1.07 bits per heavy atom. The number of fused-ring (bicyclic) bond motifs is 1. The van der Waals surface area contributed by atoms with Gasteiger partial charge >= 0.3 is 0 Å². The molecule has 0 radical (unpaired) electrons. The number of hydrogen-bond acceptors (Lipinski definition) is 2. The number of rotatable bonds is 3. The van der Waals surface area contributed by atoms with Crippen LogP contribution >= 0.6 is 23.8 Å². The molecule has 0 saturated heterocycles. The van der Waals surface area contributed by atoms with E-state index in [0.29, 0.717) is 5.92 Å². The summed E-state index contributed by atoms with van der Waals surface area (Å²) in [6.45, 7) is 14.8. The van der Waals surface area contributed by atoms with Crippen molar-refractivity contribution in [3.05, 3.63) is 69.2 Å². The molecule has 1 aliphatic heterocycles. The van der Waals surface area contributed by atoms with Crippen molar-refractivity contribution in [1.82, 2.24) is 10.2 Å². The number of thiocarbonyl (C=S) groups is 1. The van der Waals surface area contributed by atoms with Gasteiger partial charge < -0.3 is 10.2 Å². The fourth-order valence-corrected chi connectivity index (χ4v) is 3.60. The van der Waals surface area contributed by atoms with Crippen LogP contribution in [-0.4, -0.2) is 31.0 Å². The molecular formula is C26H41ClN2S. The van der Waals surface area contributed by atoms with Crippen molar-refractivity contribution in [2.24, 2.45) is 0 Å². The lowest BCUT2D eigenvalue weighted by molar-refractivity contribution is 0.294. The predicted octanol–water partition coefficient (Wildman–Crippen LogP) is 7.53. The van der Waals surface area contributed by atoms with Crippen LogP contribution in [0.2, 0.25) is 5.02 Å². The highest BCUT2D eigenvalue weighted by Gasteiger charge is 2.27. The van der Waals surface area contributed by atoms with Gasteiger partial charge in [0.1, 0.15) is 0 Å². The van der Waals surface area contributed by atoms with Crippen molar-refractivity contribution in [3.8, 4) is 0 Å². The molecule has 4 heteroatoms. The summed E-state index contributed by atoms with van der Waals surface area (Å²) in [6.07, 6.45) is 2.64. The van der Waals surface area contributed by atoms with Gasteiger partial charge in [-0.15, -0.1) is 0 Å². The lowest BCUT2D eigenvalue weighted by atomic mass is 9.81. The maximum absolute atomic E-state index is 6.30. The smallest absolute Gasteiger partial charge is 0.0612 e. The van der Waals surface area contributed by atoms with E-state index in [9.17, 15) is 0 Å². The second-order valence-electron chi connectivity index (χ2n) is 7.30. The molecule has 1 atom stereocenters. The first kappa shape index (κ1) is 28.6. The summed E-state index contributed by atoms with van der Waals surface area (Å²) in [6, 6.07) is 12.9. The summed E-state index contributed by atoms with van der Waals surface area (Å²) in [7, 11) is 3.97. The van der Waals surface area contributed by atoms with Crippen LogP contribution in [-0.2, 0) is 6.54 Å². The van der Waals surface area contributed by atoms with E-state index in [4.69, 9.17) is 11.6 Å². The number of likely N-dealkylation sites (N-methyl/N-ethyl adjacent to an activating group) is 1. The molecule has 3 rings (SSSR count). The third kappa shape index (κ3) is 9.16. The second-order valence-corrected chi connectivity index (χ2v) is 7.98. The SMILES string of the molecule is CC.CCCC.CNC=S.Cc1ccccc1C1CN(C)Cc2c(C)cc(Cl)cc21. The molecule has 0 fully saturated rings. The molecule has 0 spiro atoms. The number of benzene rings is 2. The summed E-state index contributed by atoms with van der Waals surface area (Å²) in [4.78, 5) is 2.40. The minimum absolute atomic E-state index is 0.419. The Bertz CT molecular complexity index is 744. The Morgan fingerprint density at radius 3 is 2.13 bits per heavy atom. The van der Waals surface area contributed by atoms with E-state index >= 15 is 0 Å². The van der Waals surface area contributed by atoms with Gasteiger partial charge in [-0.1, -0.05) is 88.6 Å². The van der Waals surface area contributed by atoms with Gasteiger partial charge in [-0.05, 0) is 60.8 Å². The minimum Gasteiger partial charge on any atom is -0.385 e. The fourth-order valence-electron chi connectivity index (χ4n) is 3.31. The molecule has 1 aliphatic rings. The van der Waals surface area contributed by atoms with Gasteiger partial charge in [0.25, 0.3) is 0 Å². The summed E-state index contributed by atoms with van der Waals surface area (Å²) in [5.41, 5.74) is 8.38. The van der Waals surface area contributed by atoms with E-state index < -0.39 is 0 Å². The van der Waals surface area contributed by atoms with Crippen LogP contribution < -0.4 is 5.32 Å². The van der Waals surface area contributed by atoms with Crippen molar-refractivity contribution in [2.75, 3.05) is 20.6 Å². The molecule has 0 aliphatic carbocycles. The molecular weight excluding hydrogens is 408 g/mol. The van der Waals surface area contributed by atoms with Crippen LogP contribution in [0.1, 0.15) is 74.3 Å². The third-order valence-corrected chi connectivity index (χ3v) is 5.41. The van der Waals surface area contributed by atoms with Crippen molar-refractivity contribution in [1.29, 1.82) is 0 Å². The molecule has 168 valence electrons. The van der Waals surface area contributed by atoms with Crippen molar-refractivity contribution in [3.63, 3.8) is 0 Å². The Labute approximate surface area is 196 Å². The molecule has 2 aromatic rings. The van der Waals surface area contributed by atoms with E-state index in [1.165, 1.54) is 46.2 Å². The van der Waals surface area contributed by atoms with Crippen LogP contribution in [0.25, 0.3) is 0 Å². The maximum Gasteiger partial charge on any atom is 0.0612 e. The number of aryl methyl sites for hydroxylation is 2. The topological polar surface area (TPSA) is 15.3 Å². The number of hydrogen-bond donors (Lipinski definition) is 1. The zero-order valence-electron chi connectivity index (χ0n) is 20.2. The van der Waals surface area contributed by atoms with Gasteiger partial charge in [-0.2, -0.15) is 0 Å². The van der Waals surface area contributed by atoms with Crippen molar-refractivity contribution >= 4 is 29.3 Å².